The van der Waals surface area contributed by atoms with E-state index in [-0.39, 0.29) is 19.8 Å². The van der Waals surface area contributed by atoms with Gasteiger partial charge in [-0.25, -0.2) is 16.8 Å². The highest BCUT2D eigenvalue weighted by molar-refractivity contribution is 7.90. The standard InChI is InChI=1S/C16H17Cl2NO4S2/c1-11(12-4-6-13(7-5-12)24(3,20)21)19(2)25(22,23)14-8-9-15(17)16(18)10-14/h4-11H,1-3H3. The molecule has 0 amide bonds. The van der Waals surface area contributed by atoms with Crippen molar-refractivity contribution in [2.45, 2.75) is 22.8 Å². The van der Waals surface area contributed by atoms with E-state index < -0.39 is 25.9 Å². The molecule has 0 radical (unpaired) electrons. The average Bonchev–Trinajstić information content (AvgIpc) is 2.55. The zero-order valence-corrected chi connectivity index (χ0v) is 16.9. The summed E-state index contributed by atoms with van der Waals surface area (Å²) in [6.45, 7) is 1.71. The predicted molar refractivity (Wildman–Crippen MR) is 99.4 cm³/mol. The van der Waals surface area contributed by atoms with E-state index in [2.05, 4.69) is 0 Å². The minimum atomic E-state index is -3.79. The van der Waals surface area contributed by atoms with Crippen LogP contribution in [-0.2, 0) is 19.9 Å². The molecule has 0 bridgehead atoms. The summed E-state index contributed by atoms with van der Waals surface area (Å²) in [4.78, 5) is 0.211. The first kappa shape index (κ1) is 20.2. The van der Waals surface area contributed by atoms with Crippen molar-refractivity contribution in [2.75, 3.05) is 13.3 Å². The summed E-state index contributed by atoms with van der Waals surface area (Å²) >= 11 is 11.7. The molecule has 0 fully saturated rings. The van der Waals surface area contributed by atoms with Gasteiger partial charge in [-0.1, -0.05) is 35.3 Å². The summed E-state index contributed by atoms with van der Waals surface area (Å²) in [6, 6.07) is 9.73. The van der Waals surface area contributed by atoms with Crippen LogP contribution in [0.4, 0.5) is 0 Å². The fourth-order valence-electron chi connectivity index (χ4n) is 2.22. The Hall–Kier alpha value is -1.12. The van der Waals surface area contributed by atoms with Crippen molar-refractivity contribution >= 4 is 43.1 Å². The molecule has 1 atom stereocenters. The highest BCUT2D eigenvalue weighted by Crippen LogP contribution is 2.30. The first-order valence-electron chi connectivity index (χ1n) is 7.17. The van der Waals surface area contributed by atoms with Gasteiger partial charge >= 0.3 is 0 Å². The Morgan fingerprint density at radius 3 is 1.88 bits per heavy atom. The predicted octanol–water partition coefficient (Wildman–Crippen LogP) is 3.78. The Labute approximate surface area is 158 Å². The molecule has 9 heteroatoms. The molecule has 0 N–H and O–H groups in total. The number of nitrogens with zero attached hydrogens (tertiary/aromatic N) is 1. The largest absolute Gasteiger partial charge is 0.243 e. The van der Waals surface area contributed by atoms with Gasteiger partial charge in [-0.05, 0) is 42.8 Å². The molecule has 0 saturated carbocycles. The monoisotopic (exact) mass is 421 g/mol. The van der Waals surface area contributed by atoms with E-state index in [1.165, 1.54) is 41.7 Å². The lowest BCUT2D eigenvalue weighted by molar-refractivity contribution is 0.398. The molecule has 2 aromatic carbocycles. The topological polar surface area (TPSA) is 71.5 Å². The number of hydrogen-bond donors (Lipinski definition) is 0. The van der Waals surface area contributed by atoms with E-state index in [1.54, 1.807) is 19.1 Å². The van der Waals surface area contributed by atoms with Crippen LogP contribution in [0, 0.1) is 0 Å². The average molecular weight is 422 g/mol. The number of benzene rings is 2. The van der Waals surface area contributed by atoms with Gasteiger partial charge in [-0.2, -0.15) is 4.31 Å². The summed E-state index contributed by atoms with van der Waals surface area (Å²) in [6.07, 6.45) is 1.12. The minimum absolute atomic E-state index is 0.0315. The molecule has 0 aliphatic carbocycles. The lowest BCUT2D eigenvalue weighted by Gasteiger charge is -2.25. The Kier molecular flexibility index (Phi) is 5.85. The van der Waals surface area contributed by atoms with E-state index in [1.807, 2.05) is 0 Å². The second-order valence-corrected chi connectivity index (χ2v) is 10.4. The van der Waals surface area contributed by atoms with Gasteiger partial charge in [0.1, 0.15) is 0 Å². The van der Waals surface area contributed by atoms with E-state index in [0.717, 1.165) is 6.26 Å². The summed E-state index contributed by atoms with van der Waals surface area (Å²) in [5, 5.41) is 0.425. The van der Waals surface area contributed by atoms with E-state index in [4.69, 9.17) is 23.2 Å². The molecule has 25 heavy (non-hydrogen) atoms. The smallest absolute Gasteiger partial charge is 0.224 e. The molecule has 0 aromatic heterocycles. The van der Waals surface area contributed by atoms with Crippen molar-refractivity contribution in [3.05, 3.63) is 58.1 Å². The van der Waals surface area contributed by atoms with E-state index >= 15 is 0 Å². The van der Waals surface area contributed by atoms with Gasteiger partial charge < -0.3 is 0 Å². The van der Waals surface area contributed by atoms with Crippen LogP contribution in [0.2, 0.25) is 10.0 Å². The summed E-state index contributed by atoms with van der Waals surface area (Å²) < 4.78 is 49.8. The molecule has 0 saturated heterocycles. The molecule has 136 valence electrons. The highest BCUT2D eigenvalue weighted by Gasteiger charge is 2.27. The van der Waals surface area contributed by atoms with Crippen molar-refractivity contribution in [2.24, 2.45) is 0 Å². The fourth-order valence-corrected chi connectivity index (χ4v) is 4.59. The van der Waals surface area contributed by atoms with Gasteiger partial charge in [0.2, 0.25) is 10.0 Å². The molecule has 1 unspecified atom stereocenters. The summed E-state index contributed by atoms with van der Waals surface area (Å²) in [5.41, 5.74) is 0.665. The zero-order valence-electron chi connectivity index (χ0n) is 13.8. The second kappa shape index (κ2) is 7.25. The van der Waals surface area contributed by atoms with Crippen LogP contribution in [0.1, 0.15) is 18.5 Å². The third-order valence-electron chi connectivity index (χ3n) is 3.90. The lowest BCUT2D eigenvalue weighted by atomic mass is 10.1. The van der Waals surface area contributed by atoms with Gasteiger partial charge in [-0.3, -0.25) is 0 Å². The lowest BCUT2D eigenvalue weighted by Crippen LogP contribution is -2.29. The van der Waals surface area contributed by atoms with Crippen molar-refractivity contribution < 1.29 is 16.8 Å². The van der Waals surface area contributed by atoms with E-state index in [9.17, 15) is 16.8 Å². The maximum absolute atomic E-state index is 12.8. The Morgan fingerprint density at radius 1 is 0.880 bits per heavy atom. The van der Waals surface area contributed by atoms with Gasteiger partial charge in [0.25, 0.3) is 0 Å². The van der Waals surface area contributed by atoms with Gasteiger partial charge in [0.15, 0.2) is 9.84 Å². The van der Waals surface area contributed by atoms with Gasteiger partial charge in [-0.15, -0.1) is 0 Å². The first-order valence-corrected chi connectivity index (χ1v) is 11.3. The van der Waals surface area contributed by atoms with Crippen LogP contribution < -0.4 is 0 Å². The Balaban J connectivity index is 2.35. The van der Waals surface area contributed by atoms with Crippen molar-refractivity contribution in [3.63, 3.8) is 0 Å². The van der Waals surface area contributed by atoms with Crippen LogP contribution in [-0.4, -0.2) is 34.4 Å². The van der Waals surface area contributed by atoms with Crippen LogP contribution in [0.15, 0.2) is 52.3 Å². The normalized spacial score (nSPS) is 13.8. The Bertz CT molecular complexity index is 987. The first-order chi connectivity index (χ1) is 11.4. The molecule has 0 heterocycles. The quantitative estimate of drug-likeness (QED) is 0.735. The third-order valence-corrected chi connectivity index (χ3v) is 7.70. The van der Waals surface area contributed by atoms with Crippen molar-refractivity contribution in [1.82, 2.24) is 4.31 Å². The molecule has 0 spiro atoms. The fraction of sp³-hybridized carbons (Fsp3) is 0.250. The molecular formula is C16H17Cl2NO4S2. The molecule has 5 nitrogen and oxygen atoms in total. The Morgan fingerprint density at radius 2 is 1.40 bits per heavy atom. The van der Waals surface area contributed by atoms with Crippen molar-refractivity contribution in [1.29, 1.82) is 0 Å². The zero-order chi connectivity index (χ0) is 19.0. The SMILES string of the molecule is CC(c1ccc(S(C)(=O)=O)cc1)N(C)S(=O)(=O)c1ccc(Cl)c(Cl)c1. The molecule has 0 aliphatic rings. The number of rotatable bonds is 5. The van der Waals surface area contributed by atoms with E-state index in [0.29, 0.717) is 5.56 Å². The molecule has 0 aliphatic heterocycles. The number of halogens is 2. The van der Waals surface area contributed by atoms with Crippen LogP contribution in [0.5, 0.6) is 0 Å². The number of hydrogen-bond acceptors (Lipinski definition) is 4. The van der Waals surface area contributed by atoms with Gasteiger partial charge in [0.05, 0.1) is 19.8 Å². The maximum Gasteiger partial charge on any atom is 0.243 e. The number of sulfonamides is 1. The van der Waals surface area contributed by atoms with Crippen LogP contribution >= 0.6 is 23.2 Å². The van der Waals surface area contributed by atoms with Gasteiger partial charge in [0, 0.05) is 19.3 Å². The summed E-state index contributed by atoms with van der Waals surface area (Å²) in [7, 11) is -5.65. The molecule has 2 aromatic rings. The van der Waals surface area contributed by atoms with Crippen LogP contribution in [0.3, 0.4) is 0 Å². The van der Waals surface area contributed by atoms with Crippen molar-refractivity contribution in [3.8, 4) is 0 Å². The molecular weight excluding hydrogens is 405 g/mol. The second-order valence-electron chi connectivity index (χ2n) is 5.61. The maximum atomic E-state index is 12.8. The minimum Gasteiger partial charge on any atom is -0.224 e. The molecule has 2 rings (SSSR count). The third kappa shape index (κ3) is 4.35. The summed E-state index contributed by atoms with van der Waals surface area (Å²) in [5.74, 6) is 0. The van der Waals surface area contributed by atoms with Crippen LogP contribution in [0.25, 0.3) is 0 Å². The highest BCUT2D eigenvalue weighted by atomic mass is 35.5. The number of sulfone groups is 1.